The third kappa shape index (κ3) is 2.52. The van der Waals surface area contributed by atoms with Crippen LogP contribution in [0.15, 0.2) is 30.5 Å². The van der Waals surface area contributed by atoms with Crippen LogP contribution in [0.2, 0.25) is 0 Å². The average molecular weight is 272 g/mol. The van der Waals surface area contributed by atoms with Gasteiger partial charge in [0.1, 0.15) is 6.04 Å². The molecule has 3 rings (SSSR count). The van der Waals surface area contributed by atoms with Crippen LogP contribution in [-0.4, -0.2) is 28.0 Å². The van der Waals surface area contributed by atoms with Gasteiger partial charge in [-0.15, -0.1) is 0 Å². The number of carbonyl (C=O) groups excluding carboxylic acids is 1. The van der Waals surface area contributed by atoms with Gasteiger partial charge >= 0.3 is 5.97 Å². The number of hydrogen-bond acceptors (Lipinski definition) is 2. The lowest BCUT2D eigenvalue weighted by Gasteiger charge is -2.14. The largest absolute Gasteiger partial charge is 0.480 e. The molecule has 1 aliphatic carbocycles. The Morgan fingerprint density at radius 1 is 1.35 bits per heavy atom. The number of carboxylic acids is 1. The lowest BCUT2D eigenvalue weighted by atomic mass is 10.1. The molecule has 1 saturated carbocycles. The minimum Gasteiger partial charge on any atom is -0.480 e. The van der Waals surface area contributed by atoms with Gasteiger partial charge in [0.25, 0.3) is 5.91 Å². The molecule has 1 fully saturated rings. The Kier molecular flexibility index (Phi) is 3.18. The van der Waals surface area contributed by atoms with Crippen LogP contribution < -0.4 is 5.32 Å². The number of H-pyrrole nitrogens is 1. The third-order valence-electron chi connectivity index (χ3n) is 3.70. The molecular weight excluding hydrogens is 256 g/mol. The first-order valence-corrected chi connectivity index (χ1v) is 6.75. The fourth-order valence-corrected chi connectivity index (χ4v) is 2.42. The first-order chi connectivity index (χ1) is 9.65. The Balaban J connectivity index is 1.80. The lowest BCUT2D eigenvalue weighted by molar-refractivity contribution is -0.139. The normalized spacial score (nSPS) is 16.0. The van der Waals surface area contributed by atoms with E-state index >= 15 is 0 Å². The monoisotopic (exact) mass is 272 g/mol. The average Bonchev–Trinajstić information content (AvgIpc) is 3.11. The number of aliphatic carboxylic acids is 1. The van der Waals surface area contributed by atoms with Gasteiger partial charge in [-0.1, -0.05) is 25.0 Å². The van der Waals surface area contributed by atoms with Crippen LogP contribution in [0.5, 0.6) is 0 Å². The van der Waals surface area contributed by atoms with E-state index in [0.29, 0.717) is 17.9 Å². The highest BCUT2D eigenvalue weighted by atomic mass is 16.4. The number of para-hydroxylation sites is 1. The molecule has 0 saturated heterocycles. The number of benzene rings is 1. The van der Waals surface area contributed by atoms with Crippen molar-refractivity contribution in [1.82, 2.24) is 10.3 Å². The second kappa shape index (κ2) is 5.00. The SMILES string of the molecule is O=C(NC(CC1CC1)C(=O)O)c1cccc2cc[nH]c12. The van der Waals surface area contributed by atoms with Crippen LogP contribution in [0.25, 0.3) is 10.9 Å². The van der Waals surface area contributed by atoms with Crippen molar-refractivity contribution in [2.24, 2.45) is 5.92 Å². The molecular formula is C15H16N2O3. The van der Waals surface area contributed by atoms with E-state index in [1.54, 1.807) is 18.3 Å². The maximum Gasteiger partial charge on any atom is 0.326 e. The van der Waals surface area contributed by atoms with Crippen LogP contribution in [0, 0.1) is 5.92 Å². The summed E-state index contributed by atoms with van der Waals surface area (Å²) in [4.78, 5) is 26.5. The van der Waals surface area contributed by atoms with Crippen LogP contribution in [-0.2, 0) is 4.79 Å². The molecule has 20 heavy (non-hydrogen) atoms. The van der Waals surface area contributed by atoms with E-state index in [4.69, 9.17) is 0 Å². The minimum atomic E-state index is -0.969. The summed E-state index contributed by atoms with van der Waals surface area (Å²) in [5.74, 6) is -0.868. The highest BCUT2D eigenvalue weighted by Gasteiger charge is 2.30. The number of amides is 1. The topological polar surface area (TPSA) is 82.2 Å². The fourth-order valence-electron chi connectivity index (χ4n) is 2.42. The zero-order valence-corrected chi connectivity index (χ0v) is 10.9. The predicted octanol–water partition coefficient (Wildman–Crippen LogP) is 2.15. The van der Waals surface area contributed by atoms with Gasteiger partial charge in [0.05, 0.1) is 11.1 Å². The maximum absolute atomic E-state index is 12.3. The molecule has 1 aromatic heterocycles. The van der Waals surface area contributed by atoms with E-state index in [9.17, 15) is 14.7 Å². The van der Waals surface area contributed by atoms with Crippen LogP contribution >= 0.6 is 0 Å². The Hall–Kier alpha value is -2.30. The smallest absolute Gasteiger partial charge is 0.326 e. The molecule has 1 amide bonds. The molecule has 5 heteroatoms. The zero-order valence-electron chi connectivity index (χ0n) is 10.9. The first kappa shape index (κ1) is 12.7. The molecule has 5 nitrogen and oxygen atoms in total. The van der Waals surface area contributed by atoms with Gasteiger partial charge in [0.15, 0.2) is 0 Å². The van der Waals surface area contributed by atoms with Crippen LogP contribution in [0.1, 0.15) is 29.6 Å². The van der Waals surface area contributed by atoms with Crippen molar-refractivity contribution in [3.63, 3.8) is 0 Å². The Labute approximate surface area is 116 Å². The van der Waals surface area contributed by atoms with Crippen LogP contribution in [0.3, 0.4) is 0 Å². The standard InChI is InChI=1S/C15H16N2O3/c18-14(17-12(15(19)20)8-9-4-5-9)11-3-1-2-10-6-7-16-13(10)11/h1-3,6-7,9,12,16H,4-5,8H2,(H,17,18)(H,19,20). The molecule has 0 aliphatic heterocycles. The molecule has 2 aromatic rings. The van der Waals surface area contributed by atoms with Crippen molar-refractivity contribution in [1.29, 1.82) is 0 Å². The minimum absolute atomic E-state index is 0.342. The summed E-state index contributed by atoms with van der Waals surface area (Å²) in [6, 6.07) is 6.47. The first-order valence-electron chi connectivity index (χ1n) is 6.75. The predicted molar refractivity (Wildman–Crippen MR) is 74.5 cm³/mol. The summed E-state index contributed by atoms with van der Waals surface area (Å²) >= 11 is 0. The quantitative estimate of drug-likeness (QED) is 0.780. The Morgan fingerprint density at radius 2 is 2.15 bits per heavy atom. The van der Waals surface area contributed by atoms with E-state index in [-0.39, 0.29) is 5.91 Å². The number of hydrogen-bond donors (Lipinski definition) is 3. The second-order valence-electron chi connectivity index (χ2n) is 5.29. The number of carboxylic acid groups (broad SMARTS) is 1. The van der Waals surface area contributed by atoms with E-state index in [1.807, 2.05) is 12.1 Å². The van der Waals surface area contributed by atoms with Crippen molar-refractivity contribution in [3.05, 3.63) is 36.0 Å². The van der Waals surface area contributed by atoms with E-state index in [1.165, 1.54) is 0 Å². The molecule has 0 bridgehead atoms. The summed E-state index contributed by atoms with van der Waals surface area (Å²) in [5.41, 5.74) is 1.22. The third-order valence-corrected chi connectivity index (χ3v) is 3.70. The van der Waals surface area contributed by atoms with Crippen molar-refractivity contribution in [2.45, 2.75) is 25.3 Å². The molecule has 0 radical (unpaired) electrons. The molecule has 1 aromatic carbocycles. The number of aromatic nitrogens is 1. The highest BCUT2D eigenvalue weighted by molar-refractivity contribution is 6.06. The number of aromatic amines is 1. The highest BCUT2D eigenvalue weighted by Crippen LogP contribution is 2.33. The van der Waals surface area contributed by atoms with E-state index < -0.39 is 12.0 Å². The zero-order chi connectivity index (χ0) is 14.1. The summed E-state index contributed by atoms with van der Waals surface area (Å²) in [6.45, 7) is 0. The fraction of sp³-hybridized carbons (Fsp3) is 0.333. The summed E-state index contributed by atoms with van der Waals surface area (Å²) in [7, 11) is 0. The summed E-state index contributed by atoms with van der Waals surface area (Å²) in [5, 5.41) is 12.8. The number of nitrogens with one attached hydrogen (secondary N) is 2. The Bertz CT molecular complexity index is 658. The van der Waals surface area contributed by atoms with Gasteiger partial charge in [-0.3, -0.25) is 4.79 Å². The molecule has 3 N–H and O–H groups in total. The van der Waals surface area contributed by atoms with Crippen molar-refractivity contribution < 1.29 is 14.7 Å². The van der Waals surface area contributed by atoms with Gasteiger partial charge in [0.2, 0.25) is 0 Å². The molecule has 1 unspecified atom stereocenters. The van der Waals surface area contributed by atoms with Gasteiger partial charge in [-0.2, -0.15) is 0 Å². The van der Waals surface area contributed by atoms with Crippen molar-refractivity contribution >= 4 is 22.8 Å². The summed E-state index contributed by atoms with van der Waals surface area (Å²) in [6.07, 6.45) is 4.40. The Morgan fingerprint density at radius 3 is 2.85 bits per heavy atom. The van der Waals surface area contributed by atoms with Crippen molar-refractivity contribution in [3.8, 4) is 0 Å². The second-order valence-corrected chi connectivity index (χ2v) is 5.29. The molecule has 1 aliphatic rings. The van der Waals surface area contributed by atoms with Gasteiger partial charge in [-0.25, -0.2) is 4.79 Å². The lowest BCUT2D eigenvalue weighted by Crippen LogP contribution is -2.41. The summed E-state index contributed by atoms with van der Waals surface area (Å²) < 4.78 is 0. The number of fused-ring (bicyclic) bond motifs is 1. The van der Waals surface area contributed by atoms with Gasteiger partial charge in [0, 0.05) is 11.6 Å². The van der Waals surface area contributed by atoms with Crippen molar-refractivity contribution in [2.75, 3.05) is 0 Å². The van der Waals surface area contributed by atoms with Gasteiger partial charge < -0.3 is 15.4 Å². The molecule has 0 spiro atoms. The van der Waals surface area contributed by atoms with Gasteiger partial charge in [-0.05, 0) is 24.5 Å². The van der Waals surface area contributed by atoms with E-state index in [0.717, 1.165) is 23.7 Å². The number of rotatable bonds is 5. The van der Waals surface area contributed by atoms with Crippen LogP contribution in [0.4, 0.5) is 0 Å². The molecule has 1 heterocycles. The molecule has 1 atom stereocenters. The maximum atomic E-state index is 12.3. The molecule has 104 valence electrons. The van der Waals surface area contributed by atoms with E-state index in [2.05, 4.69) is 10.3 Å². The number of carbonyl (C=O) groups is 2.